The highest BCUT2D eigenvalue weighted by Crippen LogP contribution is 2.19. The molecule has 1 rings (SSSR count). The summed E-state index contributed by atoms with van der Waals surface area (Å²) < 4.78 is 0. The van der Waals surface area contributed by atoms with E-state index in [1.165, 1.54) is 0 Å². The lowest BCUT2D eigenvalue weighted by atomic mass is 9.93. The van der Waals surface area contributed by atoms with Gasteiger partial charge in [-0.2, -0.15) is 0 Å². The lowest BCUT2D eigenvalue weighted by Crippen LogP contribution is -2.49. The molecule has 18 heavy (non-hydrogen) atoms. The summed E-state index contributed by atoms with van der Waals surface area (Å²) in [4.78, 5) is 11.7. The van der Waals surface area contributed by atoms with Crippen molar-refractivity contribution in [2.45, 2.75) is 12.5 Å². The molecule has 0 saturated carbocycles. The first-order valence-corrected chi connectivity index (χ1v) is 5.91. The zero-order chi connectivity index (χ0) is 13.4. The van der Waals surface area contributed by atoms with Crippen molar-refractivity contribution >= 4 is 5.91 Å². The van der Waals surface area contributed by atoms with Gasteiger partial charge in [0.1, 0.15) is 0 Å². The normalized spacial score (nSPS) is 13.7. The summed E-state index contributed by atoms with van der Waals surface area (Å²) in [7, 11) is 0. The van der Waals surface area contributed by atoms with Crippen LogP contribution in [-0.2, 0) is 10.3 Å². The van der Waals surface area contributed by atoms with Crippen LogP contribution in [0, 0.1) is 0 Å². The molecule has 4 heteroatoms. The second kappa shape index (κ2) is 6.93. The lowest BCUT2D eigenvalue weighted by molar-refractivity contribution is -0.122. The Hall–Kier alpha value is -1.65. The summed E-state index contributed by atoms with van der Waals surface area (Å²) in [6.07, 6.45) is 1.69. The monoisotopic (exact) mass is 248 g/mol. The summed E-state index contributed by atoms with van der Waals surface area (Å²) >= 11 is 0. The number of aliphatic hydroxyl groups is 1. The highest BCUT2D eigenvalue weighted by molar-refractivity contribution is 5.79. The number of hydrogen-bond donors (Lipinski definition) is 3. The maximum absolute atomic E-state index is 11.7. The van der Waals surface area contributed by atoms with E-state index in [4.69, 9.17) is 0 Å². The van der Waals surface area contributed by atoms with Crippen LogP contribution in [0.25, 0.3) is 0 Å². The zero-order valence-corrected chi connectivity index (χ0v) is 10.6. The molecule has 4 nitrogen and oxygen atoms in total. The molecule has 0 aliphatic carbocycles. The van der Waals surface area contributed by atoms with Gasteiger partial charge in [0.15, 0.2) is 0 Å². The molecule has 98 valence electrons. The third-order valence-corrected chi connectivity index (χ3v) is 2.72. The second-order valence-electron chi connectivity index (χ2n) is 4.32. The van der Waals surface area contributed by atoms with Crippen molar-refractivity contribution in [2.75, 3.05) is 19.7 Å². The topological polar surface area (TPSA) is 61.4 Å². The van der Waals surface area contributed by atoms with Crippen molar-refractivity contribution in [1.29, 1.82) is 0 Å². The molecule has 1 aromatic carbocycles. The smallest absolute Gasteiger partial charge is 0.234 e. The van der Waals surface area contributed by atoms with Gasteiger partial charge in [-0.25, -0.2) is 0 Å². The Morgan fingerprint density at radius 2 is 2.11 bits per heavy atom. The van der Waals surface area contributed by atoms with Crippen LogP contribution in [0.3, 0.4) is 0 Å². The molecule has 0 radical (unpaired) electrons. The van der Waals surface area contributed by atoms with Gasteiger partial charge in [-0.05, 0) is 12.5 Å². The number of rotatable bonds is 7. The average Bonchev–Trinajstić information content (AvgIpc) is 2.40. The molecule has 1 unspecified atom stereocenters. The predicted molar refractivity (Wildman–Crippen MR) is 72.1 cm³/mol. The third-order valence-electron chi connectivity index (χ3n) is 2.72. The number of nitrogens with one attached hydrogen (secondary N) is 2. The molecule has 0 bridgehead atoms. The van der Waals surface area contributed by atoms with Gasteiger partial charge in [0, 0.05) is 6.54 Å². The third kappa shape index (κ3) is 3.98. The zero-order valence-electron chi connectivity index (χ0n) is 10.6. The minimum atomic E-state index is -0.756. The van der Waals surface area contributed by atoms with Gasteiger partial charge in [-0.3, -0.25) is 4.79 Å². The summed E-state index contributed by atoms with van der Waals surface area (Å²) in [5.41, 5.74) is 0.123. The van der Waals surface area contributed by atoms with Crippen molar-refractivity contribution in [3.8, 4) is 0 Å². The molecule has 0 saturated heterocycles. The number of benzene rings is 1. The molecule has 1 aromatic rings. The fraction of sp³-hybridized carbons (Fsp3) is 0.357. The molecule has 0 heterocycles. The molecule has 1 amide bonds. The van der Waals surface area contributed by atoms with Crippen LogP contribution in [0.2, 0.25) is 0 Å². The number of hydrogen-bond acceptors (Lipinski definition) is 3. The Balaban J connectivity index is 2.65. The van der Waals surface area contributed by atoms with Crippen molar-refractivity contribution in [3.63, 3.8) is 0 Å². The Morgan fingerprint density at radius 3 is 2.67 bits per heavy atom. The molecule has 1 atom stereocenters. The summed E-state index contributed by atoms with van der Waals surface area (Å²) in [5.74, 6) is -0.155. The predicted octanol–water partition coefficient (Wildman–Crippen LogP) is 0.786. The van der Waals surface area contributed by atoms with Gasteiger partial charge in [0.25, 0.3) is 0 Å². The molecule has 0 fully saturated rings. The molecular weight excluding hydrogens is 228 g/mol. The van der Waals surface area contributed by atoms with Crippen LogP contribution in [-0.4, -0.2) is 30.7 Å². The highest BCUT2D eigenvalue weighted by atomic mass is 16.3. The summed E-state index contributed by atoms with van der Waals surface area (Å²) in [6, 6.07) is 9.42. The van der Waals surface area contributed by atoms with Gasteiger partial charge in [0.2, 0.25) is 5.91 Å². The van der Waals surface area contributed by atoms with Crippen molar-refractivity contribution in [1.82, 2.24) is 10.6 Å². The number of carbonyl (C=O) groups excluding carboxylic acids is 1. The Bertz CT molecular complexity index is 392. The lowest BCUT2D eigenvalue weighted by Gasteiger charge is -2.29. The van der Waals surface area contributed by atoms with Crippen molar-refractivity contribution < 1.29 is 9.90 Å². The largest absolute Gasteiger partial charge is 0.394 e. The van der Waals surface area contributed by atoms with Gasteiger partial charge in [0.05, 0.1) is 18.7 Å². The van der Waals surface area contributed by atoms with Crippen LogP contribution in [0.1, 0.15) is 12.5 Å². The molecule has 0 aromatic heterocycles. The first kappa shape index (κ1) is 14.4. The van der Waals surface area contributed by atoms with E-state index in [1.807, 2.05) is 30.3 Å². The van der Waals surface area contributed by atoms with E-state index < -0.39 is 5.54 Å². The van der Waals surface area contributed by atoms with Gasteiger partial charge in [-0.15, -0.1) is 6.58 Å². The van der Waals surface area contributed by atoms with Crippen LogP contribution >= 0.6 is 0 Å². The van der Waals surface area contributed by atoms with E-state index in [-0.39, 0.29) is 19.1 Å². The molecule has 0 spiro atoms. The number of carbonyl (C=O) groups is 1. The van der Waals surface area contributed by atoms with E-state index in [0.717, 1.165) is 5.56 Å². The van der Waals surface area contributed by atoms with Gasteiger partial charge >= 0.3 is 0 Å². The Labute approximate surface area is 108 Å². The average molecular weight is 248 g/mol. The summed E-state index contributed by atoms with van der Waals surface area (Å²) in [5, 5.41) is 15.3. The molecule has 3 N–H and O–H groups in total. The minimum absolute atomic E-state index is 0.149. The fourth-order valence-corrected chi connectivity index (χ4v) is 1.65. The maximum Gasteiger partial charge on any atom is 0.234 e. The van der Waals surface area contributed by atoms with E-state index in [9.17, 15) is 9.90 Å². The Morgan fingerprint density at radius 1 is 1.44 bits per heavy atom. The summed E-state index contributed by atoms with van der Waals surface area (Å²) in [6.45, 7) is 5.99. The van der Waals surface area contributed by atoms with E-state index in [2.05, 4.69) is 17.2 Å². The van der Waals surface area contributed by atoms with E-state index in [0.29, 0.717) is 6.54 Å². The number of aliphatic hydroxyl groups excluding tert-OH is 1. The second-order valence-corrected chi connectivity index (χ2v) is 4.32. The molecular formula is C14H20N2O2. The minimum Gasteiger partial charge on any atom is -0.394 e. The Kier molecular flexibility index (Phi) is 5.55. The highest BCUT2D eigenvalue weighted by Gasteiger charge is 2.27. The van der Waals surface area contributed by atoms with Crippen LogP contribution in [0.15, 0.2) is 43.0 Å². The van der Waals surface area contributed by atoms with Crippen molar-refractivity contribution in [3.05, 3.63) is 48.6 Å². The quantitative estimate of drug-likeness (QED) is 0.494. The first-order valence-electron chi connectivity index (χ1n) is 5.91. The first-order chi connectivity index (χ1) is 8.62. The maximum atomic E-state index is 11.7. The van der Waals surface area contributed by atoms with Gasteiger partial charge < -0.3 is 15.7 Å². The van der Waals surface area contributed by atoms with Crippen LogP contribution < -0.4 is 10.6 Å². The van der Waals surface area contributed by atoms with E-state index >= 15 is 0 Å². The van der Waals surface area contributed by atoms with Crippen molar-refractivity contribution in [2.24, 2.45) is 0 Å². The van der Waals surface area contributed by atoms with Crippen LogP contribution in [0.5, 0.6) is 0 Å². The fourth-order valence-electron chi connectivity index (χ4n) is 1.65. The van der Waals surface area contributed by atoms with Gasteiger partial charge in [-0.1, -0.05) is 36.4 Å². The standard InChI is InChI=1S/C14H20N2O2/c1-3-9-15-10-13(18)16-14(2,11-17)12-7-5-4-6-8-12/h3-8,15,17H,1,9-11H2,2H3,(H,16,18). The molecule has 0 aliphatic rings. The van der Waals surface area contributed by atoms with E-state index in [1.54, 1.807) is 13.0 Å². The van der Waals surface area contributed by atoms with Crippen LogP contribution in [0.4, 0.5) is 0 Å². The number of amides is 1. The molecule has 0 aliphatic heterocycles. The SMILES string of the molecule is C=CCNCC(=O)NC(C)(CO)c1ccccc1.